The van der Waals surface area contributed by atoms with Gasteiger partial charge in [-0.2, -0.15) is 26.3 Å². The van der Waals surface area contributed by atoms with Crippen LogP contribution in [0.25, 0.3) is 0 Å². The van der Waals surface area contributed by atoms with Crippen molar-refractivity contribution in [3.8, 4) is 0 Å². The highest BCUT2D eigenvalue weighted by Gasteiger charge is 2.44. The Labute approximate surface area is 586 Å². The van der Waals surface area contributed by atoms with Gasteiger partial charge in [-0.05, 0) is 174 Å². The van der Waals surface area contributed by atoms with Crippen LogP contribution in [-0.2, 0) is 54.2 Å². The first-order valence-electron chi connectivity index (χ1n) is 33.9. The highest BCUT2D eigenvalue weighted by molar-refractivity contribution is 5.99. The first kappa shape index (κ1) is 78.1. The fraction of sp³-hybridized carbons (Fsp3) is 0.427. The predicted octanol–water partition coefficient (Wildman–Crippen LogP) is 14.6. The topological polar surface area (TPSA) is 271 Å². The molecule has 5 amide bonds. The van der Waals surface area contributed by atoms with Crippen molar-refractivity contribution in [2.24, 2.45) is 17.6 Å². The summed E-state index contributed by atoms with van der Waals surface area (Å²) in [6.07, 6.45) is 0.366. The highest BCUT2D eigenvalue weighted by Crippen LogP contribution is 2.43. The van der Waals surface area contributed by atoms with Crippen LogP contribution in [0.3, 0.4) is 0 Å². The molecule has 0 spiro atoms. The average molecular weight is 1430 g/mol. The number of aryl methyl sites for hydroxylation is 2. The molecule has 4 atom stereocenters. The van der Waals surface area contributed by atoms with Crippen molar-refractivity contribution >= 4 is 64.4 Å². The molecule has 19 nitrogen and oxygen atoms in total. The van der Waals surface area contributed by atoms with E-state index in [0.29, 0.717) is 60.0 Å². The molecule has 548 valence electrons. The first-order valence-corrected chi connectivity index (χ1v) is 33.9. The lowest BCUT2D eigenvalue weighted by Crippen LogP contribution is -2.46. The molecule has 0 bridgehead atoms. The van der Waals surface area contributed by atoms with Crippen molar-refractivity contribution in [1.29, 1.82) is 0 Å². The molecule has 2 saturated carbocycles. The number of amides is 5. The van der Waals surface area contributed by atoms with Gasteiger partial charge in [-0.25, -0.2) is 13.6 Å². The minimum atomic E-state index is -4.80. The molecule has 27 heteroatoms. The third kappa shape index (κ3) is 21.0. The number of carboxylic acid groups (broad SMARTS) is 1. The van der Waals surface area contributed by atoms with Crippen LogP contribution in [0.2, 0.25) is 0 Å². The normalized spacial score (nSPS) is 18.0. The number of carboxylic acids is 1. The lowest BCUT2D eigenvalue weighted by molar-refractivity contribution is -0.146. The monoisotopic (exact) mass is 1430 g/mol. The average Bonchev–Trinajstić information content (AvgIpc) is 0.821. The molecule has 6 aromatic rings. The van der Waals surface area contributed by atoms with Gasteiger partial charge < -0.3 is 61.8 Å². The van der Waals surface area contributed by atoms with E-state index in [-0.39, 0.29) is 46.7 Å². The summed E-state index contributed by atoms with van der Waals surface area (Å²) < 4.78 is 122. The molecule has 9 N–H and O–H groups in total. The van der Waals surface area contributed by atoms with Crippen LogP contribution >= 0.6 is 0 Å². The van der Waals surface area contributed by atoms with Gasteiger partial charge >= 0.3 is 30.4 Å². The number of anilines is 4. The second kappa shape index (κ2) is 34.8. The molecular formula is C75H86F8N8O11. The van der Waals surface area contributed by atoms with Gasteiger partial charge in [0.05, 0.1) is 59.3 Å². The summed E-state index contributed by atoms with van der Waals surface area (Å²) in [5, 5.41) is 31.9. The van der Waals surface area contributed by atoms with Gasteiger partial charge in [0.2, 0.25) is 11.8 Å². The standard InChI is InChI=1S/C35H38F4N4O4.C33H35F4N3O3.C7H13NO4/c1-21-6-4-10-29(36)31(21)34(46)43-17-5-9-27(32(43)22-11-14-25(15-12-22)41-24-7-2-3-8-24)33(45)42-26-16-13-23(20-47-30(44)19-40)28(18-26)35(37,38)39;1-20-6-4-10-28(34)29(20)32(43)40-17-5-9-26(30(40)21-11-14-24(15-12-21)38-23-7-2-3-8-23)31(42)39-25-16-13-22(19-41)27(18-25)33(35,36)37;1-7(2,3)12-6(11)8-4-5(9)10/h4,6,10-16,18,24,27,32,41H,2-3,5,7-9,17,19-20,40H2,1H3,(H,42,45);4,6,10-16,18,23,26,30,38,41H,2-3,5,7-9,17,19H2,1H3,(H,39,42);4H2,1-3H3,(H,8,11)(H,9,10)/t27-,32-;26-,30-;/m00./s1. The Kier molecular flexibility index (Phi) is 26.7. The Hall–Kier alpha value is -9.63. The number of aliphatic hydroxyl groups is 1. The van der Waals surface area contributed by atoms with E-state index < -0.39 is 133 Å². The van der Waals surface area contributed by atoms with Crippen LogP contribution in [-0.4, -0.2) is 106 Å². The number of aliphatic carboxylic acids is 1. The molecule has 2 saturated heterocycles. The van der Waals surface area contributed by atoms with Crippen LogP contribution in [0.1, 0.15) is 175 Å². The van der Waals surface area contributed by atoms with Gasteiger partial charge in [-0.3, -0.25) is 28.8 Å². The van der Waals surface area contributed by atoms with Gasteiger partial charge in [0.25, 0.3) is 11.8 Å². The van der Waals surface area contributed by atoms with E-state index in [1.165, 1.54) is 59.0 Å². The molecule has 0 aromatic heterocycles. The van der Waals surface area contributed by atoms with Crippen LogP contribution in [0, 0.1) is 37.3 Å². The lowest BCUT2D eigenvalue weighted by atomic mass is 9.83. The summed E-state index contributed by atoms with van der Waals surface area (Å²) >= 11 is 0. The molecule has 2 aliphatic carbocycles. The number of nitrogens with zero attached hydrogens (tertiary/aromatic N) is 2. The number of ether oxygens (including phenoxy) is 2. The second-order valence-electron chi connectivity index (χ2n) is 26.7. The number of esters is 1. The fourth-order valence-corrected chi connectivity index (χ4v) is 13.3. The third-order valence-electron chi connectivity index (χ3n) is 18.2. The number of halogens is 8. The van der Waals surface area contributed by atoms with Crippen molar-refractivity contribution in [2.45, 2.75) is 167 Å². The molecule has 2 aliphatic heterocycles. The Bertz CT molecular complexity index is 3890. The molecule has 0 radical (unpaired) electrons. The van der Waals surface area contributed by atoms with Gasteiger partial charge in [-0.15, -0.1) is 0 Å². The van der Waals surface area contributed by atoms with Crippen LogP contribution in [0.4, 0.5) is 62.7 Å². The number of aliphatic hydroxyl groups excluding tert-OH is 1. The maximum atomic E-state index is 15.0. The predicted molar refractivity (Wildman–Crippen MR) is 367 cm³/mol. The summed E-state index contributed by atoms with van der Waals surface area (Å²) in [5.41, 5.74) is 5.61. The quantitative estimate of drug-likeness (QED) is 0.0294. The highest BCUT2D eigenvalue weighted by atomic mass is 19.4. The van der Waals surface area contributed by atoms with Crippen molar-refractivity contribution in [3.63, 3.8) is 0 Å². The number of nitrogens with one attached hydrogen (secondary N) is 5. The van der Waals surface area contributed by atoms with Crippen LogP contribution in [0.15, 0.2) is 121 Å². The summed E-state index contributed by atoms with van der Waals surface area (Å²) in [6, 6.07) is 29.3. The minimum Gasteiger partial charge on any atom is -0.480 e. The van der Waals surface area contributed by atoms with E-state index in [0.717, 1.165) is 74.2 Å². The van der Waals surface area contributed by atoms with Gasteiger partial charge in [-0.1, -0.05) is 86.3 Å². The number of piperidine rings is 2. The van der Waals surface area contributed by atoms with Crippen LogP contribution < -0.4 is 32.3 Å². The molecule has 4 aliphatic rings. The number of likely N-dealkylation sites (tertiary alicyclic amines) is 2. The molecule has 4 fully saturated rings. The number of hydrogen-bond acceptors (Lipinski definition) is 13. The maximum absolute atomic E-state index is 15.0. The number of hydrogen-bond donors (Lipinski definition) is 8. The number of alkyl halides is 6. The molecule has 2 heterocycles. The van der Waals surface area contributed by atoms with E-state index in [4.69, 9.17) is 20.3 Å². The summed E-state index contributed by atoms with van der Waals surface area (Å²) in [4.78, 5) is 90.6. The Morgan fingerprint density at radius 3 is 1.32 bits per heavy atom. The van der Waals surface area contributed by atoms with Crippen molar-refractivity contribution in [3.05, 3.63) is 189 Å². The van der Waals surface area contributed by atoms with E-state index in [2.05, 4.69) is 26.6 Å². The maximum Gasteiger partial charge on any atom is 0.416 e. The summed E-state index contributed by atoms with van der Waals surface area (Å²) in [6.45, 7) is 6.60. The second-order valence-corrected chi connectivity index (χ2v) is 26.7. The zero-order valence-electron chi connectivity index (χ0n) is 57.3. The number of alkyl carbamates (subject to hydrolysis) is 1. The smallest absolute Gasteiger partial charge is 0.416 e. The third-order valence-corrected chi connectivity index (χ3v) is 18.2. The van der Waals surface area contributed by atoms with Crippen molar-refractivity contribution in [2.75, 3.05) is 47.4 Å². The fourth-order valence-electron chi connectivity index (χ4n) is 13.3. The largest absolute Gasteiger partial charge is 0.480 e. The zero-order valence-corrected chi connectivity index (χ0v) is 57.3. The molecule has 0 unspecified atom stereocenters. The van der Waals surface area contributed by atoms with Crippen molar-refractivity contribution in [1.82, 2.24) is 15.1 Å². The SMILES string of the molecule is CC(C)(C)OC(=O)NCC(=O)O.Cc1cccc(F)c1C(=O)N1CCC[C@H](C(=O)Nc2ccc(CO)c(C(F)(F)F)c2)[C@@H]1c1ccc(NC2CCCC2)cc1.Cc1cccc(F)c1C(=O)N1CCC[C@H](C(=O)Nc2ccc(COC(=O)CN)c(C(F)(F)F)c2)[C@@H]1c1ccc(NC2CCCC2)cc1. The van der Waals surface area contributed by atoms with E-state index in [1.807, 2.05) is 48.5 Å². The molecule has 10 rings (SSSR count). The molecular weight excluding hydrogens is 1340 g/mol. The number of carbonyl (C=O) groups excluding carboxylic acids is 6. The van der Waals surface area contributed by atoms with Gasteiger partial charge in [0.15, 0.2) is 0 Å². The molecule has 6 aromatic carbocycles. The van der Waals surface area contributed by atoms with E-state index in [1.54, 1.807) is 46.8 Å². The van der Waals surface area contributed by atoms with Gasteiger partial charge in [0.1, 0.15) is 30.4 Å². The zero-order chi connectivity index (χ0) is 74.2. The summed E-state index contributed by atoms with van der Waals surface area (Å²) in [5.74, 6) is -7.19. The lowest BCUT2D eigenvalue weighted by Gasteiger charge is -2.41. The number of benzene rings is 6. The minimum absolute atomic E-state index is 0.0671. The van der Waals surface area contributed by atoms with Gasteiger partial charge in [0, 0.05) is 53.5 Å². The number of nitrogens with two attached hydrogens (primary N) is 1. The number of rotatable bonds is 18. The Morgan fingerprint density at radius 1 is 0.549 bits per heavy atom. The van der Waals surface area contributed by atoms with E-state index in [9.17, 15) is 69.4 Å². The summed E-state index contributed by atoms with van der Waals surface area (Å²) in [7, 11) is 0. The first-order chi connectivity index (χ1) is 48.3. The number of carbonyl (C=O) groups is 7. The van der Waals surface area contributed by atoms with Crippen molar-refractivity contribution < 1.29 is 88.4 Å². The van der Waals surface area contributed by atoms with E-state index >= 15 is 4.39 Å². The Balaban J connectivity index is 0.000000224. The Morgan fingerprint density at radius 2 is 0.951 bits per heavy atom. The van der Waals surface area contributed by atoms with Crippen LogP contribution in [0.5, 0.6) is 0 Å². The molecule has 102 heavy (non-hydrogen) atoms.